The first-order valence-electron chi connectivity index (χ1n) is 13.4. The zero-order valence-electron chi connectivity index (χ0n) is 22.9. The number of aromatic nitrogens is 4. The van der Waals surface area contributed by atoms with Crippen LogP contribution in [0, 0.1) is 0 Å². The first-order chi connectivity index (χ1) is 20.1. The highest BCUT2D eigenvalue weighted by molar-refractivity contribution is 7.52. The number of aliphatic hydroxyl groups excluding tert-OH is 1. The molecule has 3 aromatic rings. The average Bonchev–Trinajstić information content (AvgIpc) is 3.62. The Bertz CT molecular complexity index is 1460. The number of halogens is 2. The fraction of sp³-hybridized carbons (Fsp3) is 0.520. The summed E-state index contributed by atoms with van der Waals surface area (Å²) in [6, 6.07) is 7.02. The van der Waals surface area contributed by atoms with Gasteiger partial charge in [-0.1, -0.05) is 18.2 Å². The molecule has 0 amide bonds. The lowest BCUT2D eigenvalue weighted by molar-refractivity contribution is -0.144. The Labute approximate surface area is 239 Å². The van der Waals surface area contributed by atoms with Gasteiger partial charge in [0, 0.05) is 6.04 Å². The Balaban J connectivity index is 1.39. The van der Waals surface area contributed by atoms with Crippen LogP contribution in [-0.4, -0.2) is 80.4 Å². The number of carbonyl (C=O) groups excluding carboxylic acids is 1. The largest absolute Gasteiger partial charge is 0.465 e. The molecule has 5 N–H and O–H groups in total. The van der Waals surface area contributed by atoms with Crippen LogP contribution < -0.4 is 20.7 Å². The Kier molecular flexibility index (Phi) is 8.62. The van der Waals surface area contributed by atoms with Crippen LogP contribution in [0.3, 0.4) is 0 Å². The molecule has 5 rings (SSSR count). The number of aliphatic hydroxyl groups is 1. The second kappa shape index (κ2) is 12.1. The number of esters is 1. The van der Waals surface area contributed by atoms with Crippen LogP contribution in [0.1, 0.15) is 32.9 Å². The van der Waals surface area contributed by atoms with Gasteiger partial charge in [0.1, 0.15) is 30.7 Å². The third kappa shape index (κ3) is 6.17. The molecule has 1 aromatic carbocycles. The van der Waals surface area contributed by atoms with Gasteiger partial charge in [0.15, 0.2) is 23.2 Å². The maximum atomic E-state index is 16.1. The number of alkyl halides is 2. The highest BCUT2D eigenvalue weighted by atomic mass is 31.2. The van der Waals surface area contributed by atoms with Gasteiger partial charge >= 0.3 is 13.7 Å². The van der Waals surface area contributed by atoms with Crippen LogP contribution in [0.5, 0.6) is 5.75 Å². The molecule has 0 spiro atoms. The number of ether oxygens (including phenoxy) is 2. The summed E-state index contributed by atoms with van der Waals surface area (Å²) in [7, 11) is -4.37. The summed E-state index contributed by atoms with van der Waals surface area (Å²) in [4.78, 5) is 24.8. The fourth-order valence-corrected chi connectivity index (χ4v) is 5.95. The van der Waals surface area contributed by atoms with Gasteiger partial charge in [-0.2, -0.15) is 15.1 Å². The number of anilines is 2. The molecule has 0 radical (unpaired) electrons. The zero-order chi connectivity index (χ0) is 30.1. The Morgan fingerprint density at radius 3 is 2.74 bits per heavy atom. The summed E-state index contributed by atoms with van der Waals surface area (Å²) in [5, 5.41) is 16.5. The molecule has 17 heteroatoms. The lowest BCUT2D eigenvalue weighted by Crippen LogP contribution is -2.45. The molecule has 0 bridgehead atoms. The molecule has 2 fully saturated rings. The van der Waals surface area contributed by atoms with Crippen LogP contribution in [0.2, 0.25) is 0 Å². The minimum atomic E-state index is -4.37. The summed E-state index contributed by atoms with van der Waals surface area (Å²) >= 11 is 0. The van der Waals surface area contributed by atoms with E-state index in [1.54, 1.807) is 25.1 Å². The monoisotopic (exact) mass is 611 g/mol. The quantitative estimate of drug-likeness (QED) is 0.163. The molecule has 1 aliphatic carbocycles. The fourth-order valence-electron chi connectivity index (χ4n) is 4.45. The normalized spacial score (nSPS) is 26.1. The summed E-state index contributed by atoms with van der Waals surface area (Å²) in [6.45, 7) is 0.726. The summed E-state index contributed by atoms with van der Waals surface area (Å²) in [6.07, 6.45) is -2.28. The van der Waals surface area contributed by atoms with Crippen molar-refractivity contribution in [1.29, 1.82) is 0 Å². The molecule has 1 aliphatic heterocycles. The van der Waals surface area contributed by atoms with Gasteiger partial charge in [-0.3, -0.25) is 13.9 Å². The molecule has 2 aliphatic rings. The van der Waals surface area contributed by atoms with E-state index in [1.165, 1.54) is 25.4 Å². The van der Waals surface area contributed by atoms with Crippen molar-refractivity contribution in [2.75, 3.05) is 30.9 Å². The number of para-hydroxylation sites is 1. The zero-order valence-corrected chi connectivity index (χ0v) is 23.7. The third-order valence-corrected chi connectivity index (χ3v) is 8.39. The molecular weight excluding hydrogens is 579 g/mol. The van der Waals surface area contributed by atoms with Crippen molar-refractivity contribution < 1.29 is 41.8 Å². The number of nitrogens with two attached hydrogens (primary N) is 1. The molecule has 228 valence electrons. The van der Waals surface area contributed by atoms with E-state index in [4.69, 9.17) is 24.3 Å². The van der Waals surface area contributed by atoms with Crippen LogP contribution in [0.25, 0.3) is 11.2 Å². The van der Waals surface area contributed by atoms with E-state index >= 15 is 4.39 Å². The number of benzene rings is 1. The van der Waals surface area contributed by atoms with E-state index in [9.17, 15) is 18.9 Å². The van der Waals surface area contributed by atoms with Crippen molar-refractivity contribution in [3.05, 3.63) is 36.7 Å². The van der Waals surface area contributed by atoms with Crippen LogP contribution in [-0.2, 0) is 23.4 Å². The Morgan fingerprint density at radius 2 is 2.07 bits per heavy atom. The van der Waals surface area contributed by atoms with Gasteiger partial charge in [-0.25, -0.2) is 18.3 Å². The van der Waals surface area contributed by atoms with Crippen molar-refractivity contribution >= 4 is 36.6 Å². The smallest absolute Gasteiger partial charge is 0.459 e. The van der Waals surface area contributed by atoms with E-state index < -0.39 is 57.1 Å². The number of nitrogens with one attached hydrogen (secondary N) is 2. The third-order valence-electron chi connectivity index (χ3n) is 6.74. The minimum absolute atomic E-state index is 0.0582. The first-order valence-corrected chi connectivity index (χ1v) is 14.9. The van der Waals surface area contributed by atoms with Gasteiger partial charge in [0.2, 0.25) is 11.6 Å². The van der Waals surface area contributed by atoms with E-state index in [2.05, 4.69) is 25.4 Å². The van der Waals surface area contributed by atoms with Gasteiger partial charge in [0.25, 0.3) is 0 Å². The summed E-state index contributed by atoms with van der Waals surface area (Å²) in [5.41, 5.74) is 3.22. The number of hydrogen-bond acceptors (Lipinski definition) is 12. The number of rotatable bonds is 13. The van der Waals surface area contributed by atoms with Crippen molar-refractivity contribution in [2.24, 2.45) is 0 Å². The average molecular weight is 612 g/mol. The predicted molar refractivity (Wildman–Crippen MR) is 146 cm³/mol. The van der Waals surface area contributed by atoms with E-state index in [0.717, 1.165) is 17.4 Å². The van der Waals surface area contributed by atoms with Crippen LogP contribution >= 0.6 is 7.75 Å². The van der Waals surface area contributed by atoms with Gasteiger partial charge in [-0.15, -0.1) is 0 Å². The number of nitrogens with zero attached hydrogens (tertiary/aromatic N) is 4. The minimum Gasteiger partial charge on any atom is -0.465 e. The van der Waals surface area contributed by atoms with E-state index in [0.29, 0.717) is 5.82 Å². The highest BCUT2D eigenvalue weighted by Crippen LogP contribution is 2.48. The topological polar surface area (TPSA) is 185 Å². The molecule has 1 saturated carbocycles. The molecular formula is C25H32F2N7O7P. The molecule has 14 nitrogen and oxygen atoms in total. The van der Waals surface area contributed by atoms with Crippen molar-refractivity contribution in [1.82, 2.24) is 24.6 Å². The second-order valence-corrected chi connectivity index (χ2v) is 11.7. The number of hydrogen-bond donors (Lipinski definition) is 4. The van der Waals surface area contributed by atoms with Gasteiger partial charge in [0.05, 0.1) is 19.5 Å². The number of nitrogen functional groups attached to an aromatic ring is 1. The highest BCUT2D eigenvalue weighted by Gasteiger charge is 2.59. The van der Waals surface area contributed by atoms with Gasteiger partial charge in [-0.05, 0) is 38.8 Å². The molecule has 1 saturated heterocycles. The molecule has 2 aromatic heterocycles. The van der Waals surface area contributed by atoms with E-state index in [-0.39, 0.29) is 35.5 Å². The summed E-state index contributed by atoms with van der Waals surface area (Å²) < 4.78 is 67.0. The lowest BCUT2D eigenvalue weighted by Gasteiger charge is -2.26. The summed E-state index contributed by atoms with van der Waals surface area (Å²) in [5.74, 6) is -0.380. The Hall–Kier alpha value is -3.43. The molecule has 42 heavy (non-hydrogen) atoms. The maximum Gasteiger partial charge on any atom is 0.459 e. The number of carbonyl (C=O) groups is 1. The van der Waals surface area contributed by atoms with E-state index in [1.807, 2.05) is 0 Å². The first kappa shape index (κ1) is 30.0. The Morgan fingerprint density at radius 1 is 1.33 bits per heavy atom. The maximum absolute atomic E-state index is 16.1. The standard InChI is InChI=1S/C25H32F2N7O7P/c1-3-38-22(36)14(2)33-42(37,41-16-7-5-4-6-8-16)39-11-17-19(35)25(27,12-26)23(40-17)34-13-29-18-20(30-15-9-10-15)31-24(28)32-21(18)34/h4-8,13-15,17,19,23,35H,3,9-12H2,1-2H3,(H,33,37)(H3,28,30,31,32)/t14-,17-,19-,23-,25-,42?/m1/s1. The van der Waals surface area contributed by atoms with Crippen LogP contribution in [0.15, 0.2) is 36.7 Å². The van der Waals surface area contributed by atoms with Crippen molar-refractivity contribution in [2.45, 2.75) is 62.9 Å². The lowest BCUT2D eigenvalue weighted by atomic mass is 9.97. The molecule has 3 heterocycles. The second-order valence-electron chi connectivity index (χ2n) is 10.0. The number of imidazole rings is 1. The van der Waals surface area contributed by atoms with Gasteiger partial charge < -0.3 is 30.2 Å². The molecule has 6 atom stereocenters. The van der Waals surface area contributed by atoms with Crippen molar-refractivity contribution in [3.63, 3.8) is 0 Å². The SMILES string of the molecule is CCOC(=O)[C@@H](C)NP(=O)(OC[C@H]1O[C@@H](n2cnc3c(NC4CC4)nc(N)nc32)[C@@](F)(CF)[C@@H]1O)Oc1ccccc1. The van der Waals surface area contributed by atoms with Crippen molar-refractivity contribution in [3.8, 4) is 5.75 Å². The van der Waals surface area contributed by atoms with Crippen LogP contribution in [0.4, 0.5) is 20.5 Å². The predicted octanol–water partition coefficient (Wildman–Crippen LogP) is 2.66. The number of fused-ring (bicyclic) bond motifs is 1. The molecule has 1 unspecified atom stereocenters.